The van der Waals surface area contributed by atoms with Gasteiger partial charge in [0.1, 0.15) is 5.58 Å². The van der Waals surface area contributed by atoms with Gasteiger partial charge in [0.2, 0.25) is 5.91 Å². The third-order valence-corrected chi connectivity index (χ3v) is 2.78. The Morgan fingerprint density at radius 2 is 2.12 bits per heavy atom. The van der Waals surface area contributed by atoms with Gasteiger partial charge in [-0.3, -0.25) is 14.9 Å². The Hall–Kier alpha value is -1.81. The molecule has 1 aromatic heterocycles. The molecule has 16 heavy (non-hydrogen) atoms. The summed E-state index contributed by atoms with van der Waals surface area (Å²) in [6.45, 7) is 0. The third-order valence-electron chi connectivity index (χ3n) is 2.55. The molecule has 0 bridgehead atoms. The van der Waals surface area contributed by atoms with Crippen LogP contribution in [0.2, 0.25) is 5.02 Å². The highest BCUT2D eigenvalue weighted by Crippen LogP contribution is 2.30. The van der Waals surface area contributed by atoms with Crippen molar-refractivity contribution in [1.29, 1.82) is 0 Å². The minimum absolute atomic E-state index is 0.147. The van der Waals surface area contributed by atoms with Crippen molar-refractivity contribution in [3.8, 4) is 0 Å². The monoisotopic (exact) mass is 235 g/mol. The van der Waals surface area contributed by atoms with Crippen molar-refractivity contribution in [2.24, 2.45) is 0 Å². The van der Waals surface area contributed by atoms with E-state index in [1.165, 1.54) is 0 Å². The Balaban J connectivity index is 2.35. The molecule has 0 saturated carbocycles. The highest BCUT2D eigenvalue weighted by atomic mass is 35.5. The summed E-state index contributed by atoms with van der Waals surface area (Å²) in [5.41, 5.74) is 1.19. The van der Waals surface area contributed by atoms with Gasteiger partial charge in [0.05, 0.1) is 6.42 Å². The zero-order valence-corrected chi connectivity index (χ0v) is 8.80. The molecule has 2 heterocycles. The van der Waals surface area contributed by atoms with Crippen LogP contribution in [0.25, 0.3) is 11.0 Å². The summed E-state index contributed by atoms with van der Waals surface area (Å²) in [6, 6.07) is 5.07. The second kappa shape index (κ2) is 3.09. The van der Waals surface area contributed by atoms with Gasteiger partial charge in [-0.15, -0.1) is 0 Å². The van der Waals surface area contributed by atoms with E-state index < -0.39 is 5.91 Å². The minimum atomic E-state index is -0.487. The van der Waals surface area contributed by atoms with Crippen molar-refractivity contribution in [3.63, 3.8) is 0 Å². The Labute approximate surface area is 95.2 Å². The van der Waals surface area contributed by atoms with E-state index in [0.717, 1.165) is 5.39 Å². The van der Waals surface area contributed by atoms with Crippen LogP contribution >= 0.6 is 11.6 Å². The van der Waals surface area contributed by atoms with Gasteiger partial charge in [-0.1, -0.05) is 11.6 Å². The summed E-state index contributed by atoms with van der Waals surface area (Å²) in [4.78, 5) is 22.7. The van der Waals surface area contributed by atoms with Crippen molar-refractivity contribution in [1.82, 2.24) is 5.32 Å². The number of hydrogen-bond acceptors (Lipinski definition) is 3. The third kappa shape index (κ3) is 1.23. The molecule has 0 radical (unpaired) electrons. The first-order valence-electron chi connectivity index (χ1n) is 4.70. The molecule has 3 rings (SSSR count). The lowest BCUT2D eigenvalue weighted by atomic mass is 10.0. The minimum Gasteiger partial charge on any atom is -0.451 e. The van der Waals surface area contributed by atoms with Crippen molar-refractivity contribution >= 4 is 34.4 Å². The number of amides is 2. The summed E-state index contributed by atoms with van der Waals surface area (Å²) in [5, 5.41) is 3.48. The molecule has 80 valence electrons. The largest absolute Gasteiger partial charge is 0.451 e. The van der Waals surface area contributed by atoms with Gasteiger partial charge in [-0.25, -0.2) is 0 Å². The zero-order valence-electron chi connectivity index (χ0n) is 8.04. The molecule has 0 aliphatic carbocycles. The van der Waals surface area contributed by atoms with Gasteiger partial charge in [0.15, 0.2) is 5.76 Å². The number of carbonyl (C=O) groups is 2. The van der Waals surface area contributed by atoms with Crippen LogP contribution in [0.4, 0.5) is 0 Å². The molecule has 4 nitrogen and oxygen atoms in total. The van der Waals surface area contributed by atoms with Gasteiger partial charge < -0.3 is 4.42 Å². The van der Waals surface area contributed by atoms with E-state index in [-0.39, 0.29) is 18.1 Å². The molecule has 5 heteroatoms. The van der Waals surface area contributed by atoms with Crippen LogP contribution in [-0.4, -0.2) is 11.8 Å². The maximum Gasteiger partial charge on any atom is 0.293 e. The predicted molar refractivity (Wildman–Crippen MR) is 57.4 cm³/mol. The lowest BCUT2D eigenvalue weighted by Gasteiger charge is -2.08. The van der Waals surface area contributed by atoms with Crippen LogP contribution in [0, 0.1) is 0 Å². The highest BCUT2D eigenvalue weighted by Gasteiger charge is 2.28. The second-order valence-corrected chi connectivity index (χ2v) is 4.04. The maximum absolute atomic E-state index is 11.5. The first-order chi connectivity index (χ1) is 7.65. The van der Waals surface area contributed by atoms with E-state index in [9.17, 15) is 9.59 Å². The van der Waals surface area contributed by atoms with Gasteiger partial charge in [0, 0.05) is 16.0 Å². The topological polar surface area (TPSA) is 59.3 Å². The number of nitrogens with one attached hydrogen (secondary N) is 1. The summed E-state index contributed by atoms with van der Waals surface area (Å²) >= 11 is 5.86. The zero-order chi connectivity index (χ0) is 11.3. The Kier molecular flexibility index (Phi) is 1.82. The van der Waals surface area contributed by atoms with Gasteiger partial charge >= 0.3 is 0 Å². The van der Waals surface area contributed by atoms with Crippen molar-refractivity contribution < 1.29 is 14.0 Å². The number of hydrogen-bond donors (Lipinski definition) is 1. The molecule has 2 aromatic rings. The molecule has 1 aromatic carbocycles. The van der Waals surface area contributed by atoms with Crippen molar-refractivity contribution in [3.05, 3.63) is 34.5 Å². The average molecular weight is 236 g/mol. The van der Waals surface area contributed by atoms with Crippen molar-refractivity contribution in [2.45, 2.75) is 6.42 Å². The number of benzene rings is 1. The van der Waals surface area contributed by atoms with E-state index in [1.54, 1.807) is 18.2 Å². The SMILES string of the molecule is O=C1Cc2c(oc3ccc(Cl)cc23)C(=O)N1. The van der Waals surface area contributed by atoms with Crippen LogP contribution in [-0.2, 0) is 11.2 Å². The Morgan fingerprint density at radius 1 is 1.31 bits per heavy atom. The van der Waals surface area contributed by atoms with Crippen LogP contribution in [0.3, 0.4) is 0 Å². The fourth-order valence-electron chi connectivity index (χ4n) is 1.87. The van der Waals surface area contributed by atoms with Crippen LogP contribution < -0.4 is 5.32 Å². The summed E-state index contributed by atoms with van der Waals surface area (Å²) in [5.74, 6) is -0.601. The average Bonchev–Trinajstić information content (AvgIpc) is 2.57. The van der Waals surface area contributed by atoms with Gasteiger partial charge in [0.25, 0.3) is 5.91 Å². The molecule has 1 aliphatic rings. The molecule has 1 aliphatic heterocycles. The van der Waals surface area contributed by atoms with E-state index in [0.29, 0.717) is 16.2 Å². The van der Waals surface area contributed by atoms with Crippen LogP contribution in [0.5, 0.6) is 0 Å². The summed E-state index contributed by atoms with van der Waals surface area (Å²) in [6.07, 6.45) is 0.147. The molecule has 0 saturated heterocycles. The normalized spacial score (nSPS) is 15.1. The standard InChI is InChI=1S/C11H6ClNO3/c12-5-1-2-8-6(3-5)7-4-9(14)13-11(15)10(7)16-8/h1-3H,4H2,(H,13,14,15). The van der Waals surface area contributed by atoms with E-state index in [2.05, 4.69) is 5.32 Å². The lowest BCUT2D eigenvalue weighted by molar-refractivity contribution is -0.119. The number of furan rings is 1. The molecule has 2 amide bonds. The number of halogens is 1. The Bertz CT molecular complexity index is 629. The molecule has 0 atom stereocenters. The van der Waals surface area contributed by atoms with Gasteiger partial charge in [-0.2, -0.15) is 0 Å². The Morgan fingerprint density at radius 3 is 2.94 bits per heavy atom. The molecule has 0 fully saturated rings. The van der Waals surface area contributed by atoms with Crippen molar-refractivity contribution in [2.75, 3.05) is 0 Å². The summed E-state index contributed by atoms with van der Waals surface area (Å²) in [7, 11) is 0. The van der Waals surface area contributed by atoms with E-state index in [4.69, 9.17) is 16.0 Å². The molecular formula is C11H6ClNO3. The number of rotatable bonds is 0. The number of carbonyl (C=O) groups excluding carboxylic acids is 2. The number of imide groups is 1. The van der Waals surface area contributed by atoms with E-state index in [1.807, 2.05) is 0 Å². The first kappa shape index (κ1) is 9.42. The first-order valence-corrected chi connectivity index (χ1v) is 5.08. The predicted octanol–water partition coefficient (Wildman–Crippen LogP) is 1.90. The second-order valence-electron chi connectivity index (χ2n) is 3.60. The molecule has 0 spiro atoms. The fraction of sp³-hybridized carbons (Fsp3) is 0.0909. The van der Waals surface area contributed by atoms with Crippen LogP contribution in [0.1, 0.15) is 16.1 Å². The molecule has 0 unspecified atom stereocenters. The van der Waals surface area contributed by atoms with Gasteiger partial charge in [-0.05, 0) is 18.2 Å². The quantitative estimate of drug-likeness (QED) is 0.710. The summed E-state index contributed by atoms with van der Waals surface area (Å²) < 4.78 is 5.38. The number of fused-ring (bicyclic) bond motifs is 3. The smallest absolute Gasteiger partial charge is 0.293 e. The molecule has 1 N–H and O–H groups in total. The lowest BCUT2D eigenvalue weighted by Crippen LogP contribution is -2.36. The highest BCUT2D eigenvalue weighted by molar-refractivity contribution is 6.31. The van der Waals surface area contributed by atoms with E-state index >= 15 is 0 Å². The molecular weight excluding hydrogens is 230 g/mol. The fourth-order valence-corrected chi connectivity index (χ4v) is 2.04. The maximum atomic E-state index is 11.5. The van der Waals surface area contributed by atoms with Crippen LogP contribution in [0.15, 0.2) is 22.6 Å².